The largest absolute Gasteiger partial charge is 0.429 e. The summed E-state index contributed by atoms with van der Waals surface area (Å²) in [5, 5.41) is 0.0448. The highest BCUT2D eigenvalue weighted by molar-refractivity contribution is 5.89. The molecule has 0 unspecified atom stereocenters. The molecule has 0 N–H and O–H groups in total. The zero-order valence-electron chi connectivity index (χ0n) is 16.7. The van der Waals surface area contributed by atoms with Gasteiger partial charge in [0.1, 0.15) is 5.82 Å². The van der Waals surface area contributed by atoms with Gasteiger partial charge in [0, 0.05) is 10.9 Å². The molecular weight excluding hydrogens is 399 g/mol. The van der Waals surface area contributed by atoms with Gasteiger partial charge in [-0.25, -0.2) is 13.2 Å². The molecule has 6 heteroatoms. The Hall–Kier alpha value is -2.63. The molecule has 0 fully saturated rings. The van der Waals surface area contributed by atoms with E-state index in [1.807, 2.05) is 6.07 Å². The van der Waals surface area contributed by atoms with Gasteiger partial charge >= 0.3 is 6.61 Å². The Balaban J connectivity index is 1.84. The highest BCUT2D eigenvalue weighted by atomic mass is 19.3. The van der Waals surface area contributed by atoms with Crippen LogP contribution in [-0.2, 0) is 6.42 Å². The van der Waals surface area contributed by atoms with Crippen molar-refractivity contribution in [3.05, 3.63) is 65.5 Å². The molecule has 3 aromatic rings. The summed E-state index contributed by atoms with van der Waals surface area (Å²) < 4.78 is 71.8. The molecule has 0 bridgehead atoms. The van der Waals surface area contributed by atoms with E-state index in [4.69, 9.17) is 0 Å². The molecular formula is C24H23F5O. The average molecular weight is 422 g/mol. The van der Waals surface area contributed by atoms with Crippen LogP contribution in [0, 0.1) is 17.5 Å². The lowest BCUT2D eigenvalue weighted by Crippen LogP contribution is -2.06. The Morgan fingerprint density at radius 2 is 1.60 bits per heavy atom. The standard InChI is InChI=1S/C24H23F5O/c1-2-3-4-5-6-7-15-8-10-18(20(25)12-15)16-9-11-19-17(13-16)14-21(26)23(22(19)27)30-24(28)29/h8-14,24H,2-7H2,1H3. The van der Waals surface area contributed by atoms with Crippen LogP contribution in [0.25, 0.3) is 21.9 Å². The number of hydrogen-bond acceptors (Lipinski definition) is 1. The molecule has 3 aromatic carbocycles. The third kappa shape index (κ3) is 5.10. The highest BCUT2D eigenvalue weighted by Gasteiger charge is 2.19. The molecule has 0 heterocycles. The number of benzene rings is 3. The van der Waals surface area contributed by atoms with Gasteiger partial charge in [-0.3, -0.25) is 0 Å². The molecule has 0 aliphatic rings. The van der Waals surface area contributed by atoms with Gasteiger partial charge in [-0.1, -0.05) is 56.9 Å². The van der Waals surface area contributed by atoms with Gasteiger partial charge in [-0.15, -0.1) is 0 Å². The molecule has 1 nitrogen and oxygen atoms in total. The smallest absolute Gasteiger partial charge is 0.387 e. The van der Waals surface area contributed by atoms with Gasteiger partial charge in [-0.2, -0.15) is 8.78 Å². The van der Waals surface area contributed by atoms with Gasteiger partial charge in [0.25, 0.3) is 0 Å². The van der Waals surface area contributed by atoms with Crippen LogP contribution in [0.3, 0.4) is 0 Å². The van der Waals surface area contributed by atoms with Crippen molar-refractivity contribution in [2.75, 3.05) is 0 Å². The van der Waals surface area contributed by atoms with E-state index in [0.29, 0.717) is 11.1 Å². The van der Waals surface area contributed by atoms with Crippen molar-refractivity contribution in [2.45, 2.75) is 52.1 Å². The monoisotopic (exact) mass is 422 g/mol. The van der Waals surface area contributed by atoms with E-state index in [-0.39, 0.29) is 10.8 Å². The van der Waals surface area contributed by atoms with Gasteiger partial charge in [0.05, 0.1) is 0 Å². The fraction of sp³-hybridized carbons (Fsp3) is 0.333. The summed E-state index contributed by atoms with van der Waals surface area (Å²) in [4.78, 5) is 0. The molecule has 30 heavy (non-hydrogen) atoms. The first-order chi connectivity index (χ1) is 14.4. The average Bonchev–Trinajstić information content (AvgIpc) is 2.70. The minimum absolute atomic E-state index is 0.0834. The number of fused-ring (bicyclic) bond motifs is 1. The molecule has 0 atom stereocenters. The molecule has 0 aliphatic carbocycles. The zero-order valence-corrected chi connectivity index (χ0v) is 16.7. The second kappa shape index (κ2) is 9.92. The van der Waals surface area contributed by atoms with Crippen LogP contribution < -0.4 is 4.74 Å². The first-order valence-electron chi connectivity index (χ1n) is 10.1. The summed E-state index contributed by atoms with van der Waals surface area (Å²) in [6, 6.07) is 10.1. The van der Waals surface area contributed by atoms with Crippen molar-refractivity contribution in [2.24, 2.45) is 0 Å². The van der Waals surface area contributed by atoms with Crippen LogP contribution in [0.1, 0.15) is 44.6 Å². The third-order valence-electron chi connectivity index (χ3n) is 5.11. The second-order valence-corrected chi connectivity index (χ2v) is 7.29. The Morgan fingerprint density at radius 3 is 2.30 bits per heavy atom. The number of aryl methyl sites for hydroxylation is 1. The minimum atomic E-state index is -3.34. The molecule has 0 amide bonds. The Labute approximate surface area is 172 Å². The van der Waals surface area contributed by atoms with Crippen LogP contribution in [0.2, 0.25) is 0 Å². The summed E-state index contributed by atoms with van der Waals surface area (Å²) in [6.07, 6.45) is 6.44. The van der Waals surface area contributed by atoms with Crippen LogP contribution in [0.15, 0.2) is 42.5 Å². The van der Waals surface area contributed by atoms with Crippen molar-refractivity contribution in [3.63, 3.8) is 0 Å². The molecule has 0 saturated carbocycles. The topological polar surface area (TPSA) is 9.23 Å². The maximum atomic E-state index is 14.7. The molecule has 0 aromatic heterocycles. The minimum Gasteiger partial charge on any atom is -0.429 e. The summed E-state index contributed by atoms with van der Waals surface area (Å²) in [7, 11) is 0. The number of unbranched alkanes of at least 4 members (excludes halogenated alkanes) is 4. The molecule has 0 aliphatic heterocycles. The second-order valence-electron chi connectivity index (χ2n) is 7.29. The van der Waals surface area contributed by atoms with Crippen molar-refractivity contribution in [3.8, 4) is 16.9 Å². The van der Waals surface area contributed by atoms with Crippen molar-refractivity contribution in [1.82, 2.24) is 0 Å². The first kappa shape index (κ1) is 22.1. The van der Waals surface area contributed by atoms with Gasteiger partial charge in [-0.05, 0) is 47.6 Å². The fourth-order valence-electron chi connectivity index (χ4n) is 3.56. The Bertz CT molecular complexity index is 1020. The summed E-state index contributed by atoms with van der Waals surface area (Å²) >= 11 is 0. The van der Waals surface area contributed by atoms with E-state index in [9.17, 15) is 22.0 Å². The first-order valence-corrected chi connectivity index (χ1v) is 10.1. The summed E-state index contributed by atoms with van der Waals surface area (Å²) in [5.74, 6) is -3.99. The van der Waals surface area contributed by atoms with Crippen LogP contribution in [0.4, 0.5) is 22.0 Å². The SMILES string of the molecule is CCCCCCCc1ccc(-c2ccc3c(F)c(OC(F)F)c(F)cc3c2)c(F)c1. The maximum absolute atomic E-state index is 14.7. The Morgan fingerprint density at radius 1 is 0.833 bits per heavy atom. The fourth-order valence-corrected chi connectivity index (χ4v) is 3.56. The zero-order chi connectivity index (χ0) is 21.7. The Kier molecular flexibility index (Phi) is 7.29. The van der Waals surface area contributed by atoms with E-state index < -0.39 is 29.8 Å². The van der Waals surface area contributed by atoms with Crippen molar-refractivity contribution < 1.29 is 26.7 Å². The van der Waals surface area contributed by atoms with E-state index in [1.54, 1.807) is 6.07 Å². The van der Waals surface area contributed by atoms with Gasteiger partial charge in [0.2, 0.25) is 0 Å². The number of halogens is 5. The lowest BCUT2D eigenvalue weighted by molar-refractivity contribution is -0.0544. The lowest BCUT2D eigenvalue weighted by atomic mass is 9.98. The van der Waals surface area contributed by atoms with Gasteiger partial charge in [0.15, 0.2) is 17.4 Å². The quantitative estimate of drug-likeness (QED) is 0.250. The number of rotatable bonds is 9. The van der Waals surface area contributed by atoms with E-state index >= 15 is 0 Å². The number of ether oxygens (including phenoxy) is 1. The van der Waals surface area contributed by atoms with E-state index in [2.05, 4.69) is 11.7 Å². The summed E-state index contributed by atoms with van der Waals surface area (Å²) in [5.41, 5.74) is 1.65. The van der Waals surface area contributed by atoms with E-state index in [0.717, 1.165) is 30.9 Å². The lowest BCUT2D eigenvalue weighted by Gasteiger charge is -2.11. The molecule has 0 spiro atoms. The number of hydrogen-bond donors (Lipinski definition) is 0. The maximum Gasteiger partial charge on any atom is 0.387 e. The van der Waals surface area contributed by atoms with Crippen LogP contribution >= 0.6 is 0 Å². The highest BCUT2D eigenvalue weighted by Crippen LogP contribution is 2.34. The normalized spacial score (nSPS) is 11.4. The van der Waals surface area contributed by atoms with E-state index in [1.165, 1.54) is 43.5 Å². The predicted molar refractivity (Wildman–Crippen MR) is 108 cm³/mol. The number of alkyl halides is 2. The van der Waals surface area contributed by atoms with Gasteiger partial charge < -0.3 is 4.74 Å². The molecule has 160 valence electrons. The molecule has 3 rings (SSSR count). The molecule has 0 radical (unpaired) electrons. The van der Waals surface area contributed by atoms with Crippen LogP contribution in [-0.4, -0.2) is 6.61 Å². The van der Waals surface area contributed by atoms with Crippen molar-refractivity contribution >= 4 is 10.8 Å². The van der Waals surface area contributed by atoms with Crippen molar-refractivity contribution in [1.29, 1.82) is 0 Å². The predicted octanol–water partition coefficient (Wildman–Crippen LogP) is 8.04. The molecule has 0 saturated heterocycles. The summed E-state index contributed by atoms with van der Waals surface area (Å²) in [6.45, 7) is -1.19. The van der Waals surface area contributed by atoms with Crippen LogP contribution in [0.5, 0.6) is 5.75 Å². The third-order valence-corrected chi connectivity index (χ3v) is 5.11.